The third-order valence-corrected chi connectivity index (χ3v) is 5.15. The second kappa shape index (κ2) is 12.0. The monoisotopic (exact) mass is 453 g/mol. The number of carbonyl (C=O) groups is 1. The maximum atomic E-state index is 12.1. The van der Waals surface area contributed by atoms with Crippen LogP contribution in [-0.4, -0.2) is 61.4 Å². The van der Waals surface area contributed by atoms with Gasteiger partial charge in [-0.15, -0.1) is 0 Å². The summed E-state index contributed by atoms with van der Waals surface area (Å²) in [6.07, 6.45) is 0. The molecule has 0 unspecified atom stereocenters. The molecule has 0 saturated carbocycles. The van der Waals surface area contributed by atoms with Crippen LogP contribution >= 0.6 is 0 Å². The van der Waals surface area contributed by atoms with Crippen LogP contribution in [0.25, 0.3) is 0 Å². The van der Waals surface area contributed by atoms with Crippen molar-refractivity contribution in [2.45, 2.75) is 46.4 Å². The predicted molar refractivity (Wildman–Crippen MR) is 124 cm³/mol. The van der Waals surface area contributed by atoms with Crippen molar-refractivity contribution < 1.29 is 27.5 Å². The van der Waals surface area contributed by atoms with Crippen LogP contribution in [0.15, 0.2) is 41.3 Å². The number of hydroxylamine groups is 2. The minimum absolute atomic E-state index is 0.0666. The number of hydrogen-bond acceptors (Lipinski definition) is 4. The van der Waals surface area contributed by atoms with Gasteiger partial charge in [0.1, 0.15) is 0 Å². The first-order valence-corrected chi connectivity index (χ1v) is 11.5. The molecule has 0 aliphatic carbocycles. The zero-order valence-electron chi connectivity index (χ0n) is 20.1. The first-order valence-electron chi connectivity index (χ1n) is 10.0. The number of aryl methyl sites for hydroxylation is 3. The van der Waals surface area contributed by atoms with Gasteiger partial charge in [0.05, 0.1) is 26.0 Å². The average molecular weight is 454 g/mol. The summed E-state index contributed by atoms with van der Waals surface area (Å²) in [6.45, 7) is 12.1. The number of nitrogens with zero attached hydrogens (tertiary/aromatic N) is 2. The fourth-order valence-corrected chi connectivity index (χ4v) is 2.96. The van der Waals surface area contributed by atoms with Gasteiger partial charge in [0, 0.05) is 5.56 Å². The molecule has 2 aromatic carbocycles. The highest BCUT2D eigenvalue weighted by Gasteiger charge is 2.21. The molecule has 1 amide bonds. The van der Waals surface area contributed by atoms with Crippen molar-refractivity contribution in [3.63, 3.8) is 0 Å². The molecule has 2 aromatic rings. The molecule has 2 N–H and O–H groups in total. The molecule has 0 bridgehead atoms. The molecule has 0 radical (unpaired) electrons. The Morgan fingerprint density at radius 2 is 1.35 bits per heavy atom. The minimum Gasteiger partial charge on any atom is -0.312 e. The minimum atomic E-state index is -4.02. The van der Waals surface area contributed by atoms with Gasteiger partial charge in [0.25, 0.3) is 16.0 Å². The number of rotatable bonds is 4. The summed E-state index contributed by atoms with van der Waals surface area (Å²) >= 11 is 0. The highest BCUT2D eigenvalue weighted by molar-refractivity contribution is 7.85. The predicted octanol–water partition coefficient (Wildman–Crippen LogP) is 4.37. The first kappa shape index (κ1) is 28.7. The molecule has 31 heavy (non-hydrogen) atoms. The Morgan fingerprint density at radius 1 is 0.935 bits per heavy atom. The van der Waals surface area contributed by atoms with Gasteiger partial charge >= 0.3 is 0 Å². The molecule has 0 aliphatic heterocycles. The Morgan fingerprint density at radius 3 is 1.71 bits per heavy atom. The lowest BCUT2D eigenvalue weighted by molar-refractivity contribution is -0.884. The molecule has 0 heterocycles. The van der Waals surface area contributed by atoms with Gasteiger partial charge in [-0.25, -0.2) is 0 Å². The van der Waals surface area contributed by atoms with Crippen LogP contribution in [0.3, 0.4) is 0 Å². The van der Waals surface area contributed by atoms with Crippen molar-refractivity contribution >= 4 is 16.0 Å². The summed E-state index contributed by atoms with van der Waals surface area (Å²) < 4.78 is 30.0. The summed E-state index contributed by atoms with van der Waals surface area (Å²) in [7, 11) is 1.74. The number of hydrogen-bond donors (Lipinski definition) is 2. The Hall–Kier alpha value is -2.26. The molecule has 0 saturated heterocycles. The van der Waals surface area contributed by atoms with E-state index in [1.54, 1.807) is 12.1 Å². The lowest BCUT2D eigenvalue weighted by atomic mass is 10.0. The summed E-state index contributed by atoms with van der Waals surface area (Å²) in [5.41, 5.74) is 4.81. The zero-order chi connectivity index (χ0) is 24.6. The summed E-state index contributed by atoms with van der Waals surface area (Å²) in [5.74, 6) is -0.353. The number of carbonyl (C=O) groups excluding carboxylic acids is 1. The van der Waals surface area contributed by atoms with Crippen LogP contribution in [-0.2, 0) is 10.1 Å². The molecule has 2 rings (SSSR count). The highest BCUT2D eigenvalue weighted by atomic mass is 32.2. The highest BCUT2D eigenvalue weighted by Crippen LogP contribution is 2.16. The van der Waals surface area contributed by atoms with Gasteiger partial charge in [0.15, 0.2) is 6.67 Å². The van der Waals surface area contributed by atoms with E-state index in [2.05, 4.69) is 0 Å². The van der Waals surface area contributed by atoms with Crippen LogP contribution in [0.2, 0.25) is 0 Å². The molecule has 8 heteroatoms. The summed E-state index contributed by atoms with van der Waals surface area (Å²) in [6, 6.07) is 9.63. The molecule has 7 nitrogen and oxygen atoms in total. The van der Waals surface area contributed by atoms with E-state index in [1.165, 1.54) is 17.7 Å². The van der Waals surface area contributed by atoms with Crippen molar-refractivity contribution in [3.8, 4) is 0 Å². The first-order chi connectivity index (χ1) is 14.1. The normalized spacial score (nSPS) is 10.9. The molecule has 0 spiro atoms. The lowest BCUT2D eigenvalue weighted by Crippen LogP contribution is -2.46. The van der Waals surface area contributed by atoms with Crippen LogP contribution < -0.4 is 0 Å². The maximum Gasteiger partial charge on any atom is 0.294 e. The van der Waals surface area contributed by atoms with Crippen molar-refractivity contribution in [1.82, 2.24) is 5.06 Å². The largest absolute Gasteiger partial charge is 0.312 e. The Balaban J connectivity index is 0.000000591. The van der Waals surface area contributed by atoms with Gasteiger partial charge in [-0.2, -0.15) is 13.5 Å². The van der Waals surface area contributed by atoms with Crippen molar-refractivity contribution in [2.75, 3.05) is 27.8 Å². The topological polar surface area (TPSA) is 94.9 Å². The number of benzene rings is 2. The molecular weight excluding hydrogens is 416 g/mol. The van der Waals surface area contributed by atoms with Crippen molar-refractivity contribution in [2.24, 2.45) is 0 Å². The average Bonchev–Trinajstić information content (AvgIpc) is 2.65. The molecular formula is C23H37N2O5S+. The molecule has 0 aromatic heterocycles. The fourth-order valence-electron chi connectivity index (χ4n) is 2.48. The van der Waals surface area contributed by atoms with E-state index in [0.29, 0.717) is 10.0 Å². The van der Waals surface area contributed by atoms with E-state index in [0.717, 1.165) is 21.8 Å². The quantitative estimate of drug-likeness (QED) is 0.236. The lowest BCUT2D eigenvalue weighted by Gasteiger charge is -2.28. The van der Waals surface area contributed by atoms with Crippen LogP contribution in [0.1, 0.15) is 46.5 Å². The van der Waals surface area contributed by atoms with Gasteiger partial charge in [-0.1, -0.05) is 31.5 Å². The van der Waals surface area contributed by atoms with Gasteiger partial charge < -0.3 is 4.48 Å². The van der Waals surface area contributed by atoms with Crippen LogP contribution in [0.4, 0.5) is 0 Å². The van der Waals surface area contributed by atoms with Crippen LogP contribution in [0, 0.1) is 27.7 Å². The Labute approximate surface area is 187 Å². The SMILES string of the molecule is CC.Cc1cc(C(=O)N(O)C[N+](C)(C)C)cc(C)c1C.Cc1ccc(S(=O)(=O)O)cc1. The number of quaternary nitrogens is 1. The van der Waals surface area contributed by atoms with Crippen LogP contribution in [0.5, 0.6) is 0 Å². The molecule has 0 aliphatic rings. The third-order valence-electron chi connectivity index (χ3n) is 4.29. The van der Waals surface area contributed by atoms with E-state index in [-0.39, 0.29) is 17.5 Å². The van der Waals surface area contributed by atoms with E-state index in [9.17, 15) is 18.4 Å². The van der Waals surface area contributed by atoms with E-state index in [1.807, 2.05) is 74.8 Å². The molecule has 0 atom stereocenters. The second-order valence-corrected chi connectivity index (χ2v) is 9.58. The van der Waals surface area contributed by atoms with Crippen molar-refractivity contribution in [1.29, 1.82) is 0 Å². The zero-order valence-corrected chi connectivity index (χ0v) is 20.9. The summed E-state index contributed by atoms with van der Waals surface area (Å²) in [4.78, 5) is 12.0. The Kier molecular flexibility index (Phi) is 11.1. The van der Waals surface area contributed by atoms with Gasteiger partial charge in [-0.3, -0.25) is 14.6 Å². The van der Waals surface area contributed by atoms with E-state index < -0.39 is 10.1 Å². The third kappa shape index (κ3) is 10.1. The number of amides is 1. The van der Waals surface area contributed by atoms with Gasteiger partial charge in [-0.05, 0) is 68.7 Å². The second-order valence-electron chi connectivity index (χ2n) is 8.16. The van der Waals surface area contributed by atoms with E-state index >= 15 is 0 Å². The fraction of sp³-hybridized carbons (Fsp3) is 0.435. The molecule has 174 valence electrons. The Bertz CT molecular complexity index is 939. The smallest absolute Gasteiger partial charge is 0.294 e. The summed E-state index contributed by atoms with van der Waals surface area (Å²) in [5, 5.41) is 10.6. The van der Waals surface area contributed by atoms with Crippen molar-refractivity contribution in [3.05, 3.63) is 64.2 Å². The standard InChI is InChI=1S/C14H23N2O2.C7H8O3S.C2H6/c1-10-7-13(8-11(2)12(10)3)14(17)15(18)9-16(4,5)6;1-6-2-4-7(5-3-6)11(8,9)10;1-2/h7-8,18H,9H2,1-6H3;2-5H,1H3,(H,8,9,10);1-2H3/q+1;;. The van der Waals surface area contributed by atoms with E-state index in [4.69, 9.17) is 4.55 Å². The maximum absolute atomic E-state index is 12.1. The molecule has 0 fully saturated rings. The van der Waals surface area contributed by atoms with Gasteiger partial charge in [0.2, 0.25) is 0 Å².